The molecule has 24 heavy (non-hydrogen) atoms. The van der Waals surface area contributed by atoms with E-state index in [1.807, 2.05) is 42.5 Å². The molecule has 0 aliphatic carbocycles. The van der Waals surface area contributed by atoms with Crippen LogP contribution in [0.4, 0.5) is 0 Å². The summed E-state index contributed by atoms with van der Waals surface area (Å²) in [6.07, 6.45) is 0. The summed E-state index contributed by atoms with van der Waals surface area (Å²) in [6, 6.07) is 24.0. The van der Waals surface area contributed by atoms with Crippen LogP contribution < -0.4 is 5.43 Å². The lowest BCUT2D eigenvalue weighted by molar-refractivity contribution is 0.475. The first-order valence-electron chi connectivity index (χ1n) is 7.63. The predicted octanol–water partition coefficient (Wildman–Crippen LogP) is 4.83. The molecule has 116 valence electrons. The Morgan fingerprint density at radius 2 is 1.38 bits per heavy atom. The molecule has 0 atom stereocenters. The quantitative estimate of drug-likeness (QED) is 0.576. The molecule has 4 rings (SSSR count). The Hall–Kier alpha value is -3.33. The van der Waals surface area contributed by atoms with E-state index in [9.17, 15) is 9.90 Å². The van der Waals surface area contributed by atoms with Crippen LogP contribution in [0.5, 0.6) is 5.75 Å². The Balaban J connectivity index is 1.78. The van der Waals surface area contributed by atoms with Crippen molar-refractivity contribution in [3.05, 3.63) is 89.1 Å². The molecule has 1 aromatic heterocycles. The van der Waals surface area contributed by atoms with Crippen LogP contribution in [-0.4, -0.2) is 5.11 Å². The number of aromatic hydroxyl groups is 1. The van der Waals surface area contributed by atoms with Gasteiger partial charge in [-0.2, -0.15) is 0 Å². The Morgan fingerprint density at radius 3 is 2.12 bits per heavy atom. The molecule has 0 unspecified atom stereocenters. The fraction of sp³-hybridized carbons (Fsp3) is 0. The standard InChI is InChI=1S/C21H14O3/c22-17-10-11-20-18(12-17)19(23)13-21(24-20)16-8-6-15(7-9-16)14-4-2-1-3-5-14/h1-13,22H. The maximum atomic E-state index is 12.2. The Morgan fingerprint density at radius 1 is 0.708 bits per heavy atom. The van der Waals surface area contributed by atoms with Crippen molar-refractivity contribution in [2.45, 2.75) is 0 Å². The number of phenolic OH excluding ortho intramolecular Hbond substituents is 1. The highest BCUT2D eigenvalue weighted by molar-refractivity contribution is 5.80. The zero-order valence-electron chi connectivity index (χ0n) is 12.8. The van der Waals surface area contributed by atoms with Gasteiger partial charge in [0.2, 0.25) is 0 Å². The minimum absolute atomic E-state index is 0.0507. The molecule has 3 heteroatoms. The van der Waals surface area contributed by atoms with Crippen LogP contribution >= 0.6 is 0 Å². The molecular formula is C21H14O3. The summed E-state index contributed by atoms with van der Waals surface area (Å²) in [5, 5.41) is 9.87. The number of rotatable bonds is 2. The molecule has 0 aliphatic heterocycles. The summed E-state index contributed by atoms with van der Waals surface area (Å²) in [5.41, 5.74) is 3.37. The van der Waals surface area contributed by atoms with E-state index in [4.69, 9.17) is 4.42 Å². The van der Waals surface area contributed by atoms with Gasteiger partial charge >= 0.3 is 0 Å². The molecule has 0 spiro atoms. The van der Waals surface area contributed by atoms with Crippen molar-refractivity contribution in [3.8, 4) is 28.2 Å². The van der Waals surface area contributed by atoms with Crippen molar-refractivity contribution in [2.24, 2.45) is 0 Å². The molecule has 0 amide bonds. The van der Waals surface area contributed by atoms with Gasteiger partial charge in [0, 0.05) is 11.6 Å². The third-order valence-electron chi connectivity index (χ3n) is 3.99. The molecule has 1 N–H and O–H groups in total. The summed E-state index contributed by atoms with van der Waals surface area (Å²) in [5.74, 6) is 0.563. The second-order valence-electron chi connectivity index (χ2n) is 5.60. The lowest BCUT2D eigenvalue weighted by atomic mass is 10.0. The summed E-state index contributed by atoms with van der Waals surface area (Å²) in [4.78, 5) is 12.2. The molecule has 0 radical (unpaired) electrons. The molecule has 3 nitrogen and oxygen atoms in total. The zero-order valence-corrected chi connectivity index (χ0v) is 12.8. The Kier molecular flexibility index (Phi) is 3.39. The van der Waals surface area contributed by atoms with Gasteiger partial charge in [-0.15, -0.1) is 0 Å². The molecule has 1 heterocycles. The molecule has 0 saturated carbocycles. The predicted molar refractivity (Wildman–Crippen MR) is 95.0 cm³/mol. The lowest BCUT2D eigenvalue weighted by Crippen LogP contribution is -2.00. The second kappa shape index (κ2) is 5.70. The monoisotopic (exact) mass is 314 g/mol. The van der Waals surface area contributed by atoms with Gasteiger partial charge in [-0.05, 0) is 29.3 Å². The third kappa shape index (κ3) is 2.57. The molecule has 0 saturated heterocycles. The fourth-order valence-corrected chi connectivity index (χ4v) is 2.74. The Labute approximate surface area is 138 Å². The topological polar surface area (TPSA) is 50.4 Å². The number of fused-ring (bicyclic) bond motifs is 1. The van der Waals surface area contributed by atoms with Crippen molar-refractivity contribution in [1.29, 1.82) is 0 Å². The van der Waals surface area contributed by atoms with Crippen LogP contribution in [0.1, 0.15) is 0 Å². The number of hydrogen-bond acceptors (Lipinski definition) is 3. The van der Waals surface area contributed by atoms with E-state index in [0.717, 1.165) is 16.7 Å². The van der Waals surface area contributed by atoms with E-state index >= 15 is 0 Å². The summed E-state index contributed by atoms with van der Waals surface area (Å²) in [6.45, 7) is 0. The summed E-state index contributed by atoms with van der Waals surface area (Å²) < 4.78 is 5.82. The van der Waals surface area contributed by atoms with Gasteiger partial charge < -0.3 is 9.52 Å². The first-order valence-corrected chi connectivity index (χ1v) is 7.63. The van der Waals surface area contributed by atoms with Crippen LogP contribution in [-0.2, 0) is 0 Å². The van der Waals surface area contributed by atoms with E-state index in [1.54, 1.807) is 6.07 Å². The fourth-order valence-electron chi connectivity index (χ4n) is 2.74. The van der Waals surface area contributed by atoms with Gasteiger partial charge in [0.25, 0.3) is 0 Å². The van der Waals surface area contributed by atoms with Crippen molar-refractivity contribution >= 4 is 11.0 Å². The number of benzene rings is 3. The second-order valence-corrected chi connectivity index (χ2v) is 5.60. The summed E-state index contributed by atoms with van der Waals surface area (Å²) >= 11 is 0. The van der Waals surface area contributed by atoms with Crippen molar-refractivity contribution < 1.29 is 9.52 Å². The highest BCUT2D eigenvalue weighted by Gasteiger charge is 2.08. The highest BCUT2D eigenvalue weighted by atomic mass is 16.3. The van der Waals surface area contributed by atoms with Crippen molar-refractivity contribution in [1.82, 2.24) is 0 Å². The van der Waals surface area contributed by atoms with E-state index < -0.39 is 0 Å². The molecule has 0 fully saturated rings. The minimum atomic E-state index is -0.172. The SMILES string of the molecule is O=c1cc(-c2ccc(-c3ccccc3)cc2)oc2ccc(O)cc12. The Bertz CT molecular complexity index is 1060. The largest absolute Gasteiger partial charge is 0.508 e. The van der Waals surface area contributed by atoms with Crippen LogP contribution in [0.25, 0.3) is 33.4 Å². The lowest BCUT2D eigenvalue weighted by Gasteiger charge is -2.06. The van der Waals surface area contributed by atoms with Crippen LogP contribution in [0.3, 0.4) is 0 Å². The number of phenols is 1. The van der Waals surface area contributed by atoms with Crippen LogP contribution in [0.15, 0.2) is 88.1 Å². The maximum Gasteiger partial charge on any atom is 0.193 e. The first kappa shape index (κ1) is 14.3. The average Bonchev–Trinajstić information content (AvgIpc) is 2.63. The van der Waals surface area contributed by atoms with Gasteiger partial charge in [0.05, 0.1) is 5.39 Å². The maximum absolute atomic E-state index is 12.2. The molecule has 0 bridgehead atoms. The average molecular weight is 314 g/mol. The third-order valence-corrected chi connectivity index (χ3v) is 3.99. The van der Waals surface area contributed by atoms with E-state index in [1.165, 1.54) is 18.2 Å². The zero-order chi connectivity index (χ0) is 16.5. The minimum Gasteiger partial charge on any atom is -0.508 e. The molecule has 4 aromatic rings. The normalized spacial score (nSPS) is 10.8. The van der Waals surface area contributed by atoms with E-state index in [0.29, 0.717) is 16.7 Å². The van der Waals surface area contributed by atoms with Crippen LogP contribution in [0.2, 0.25) is 0 Å². The van der Waals surface area contributed by atoms with E-state index in [-0.39, 0.29) is 11.2 Å². The van der Waals surface area contributed by atoms with Crippen molar-refractivity contribution in [3.63, 3.8) is 0 Å². The van der Waals surface area contributed by atoms with Gasteiger partial charge in [-0.25, -0.2) is 0 Å². The highest BCUT2D eigenvalue weighted by Crippen LogP contribution is 2.27. The molecular weight excluding hydrogens is 300 g/mol. The summed E-state index contributed by atoms with van der Waals surface area (Å²) in [7, 11) is 0. The number of hydrogen-bond donors (Lipinski definition) is 1. The van der Waals surface area contributed by atoms with Crippen LogP contribution in [0, 0.1) is 0 Å². The first-order chi connectivity index (χ1) is 11.7. The smallest absolute Gasteiger partial charge is 0.193 e. The molecule has 0 aliphatic rings. The van der Waals surface area contributed by atoms with Gasteiger partial charge in [-0.3, -0.25) is 4.79 Å². The van der Waals surface area contributed by atoms with Gasteiger partial charge in [0.1, 0.15) is 17.1 Å². The van der Waals surface area contributed by atoms with E-state index in [2.05, 4.69) is 12.1 Å². The van der Waals surface area contributed by atoms with Gasteiger partial charge in [-0.1, -0.05) is 54.6 Å². The van der Waals surface area contributed by atoms with Crippen molar-refractivity contribution in [2.75, 3.05) is 0 Å². The molecule has 3 aromatic carbocycles. The van der Waals surface area contributed by atoms with Gasteiger partial charge in [0.15, 0.2) is 5.43 Å².